The number of ketones is 1. The van der Waals surface area contributed by atoms with Crippen molar-refractivity contribution >= 4 is 33.4 Å². The van der Waals surface area contributed by atoms with Crippen LogP contribution in [0.15, 0.2) is 72.9 Å². The SMILES string of the molecule is O=C(c1ccc(F)cc1)c1nc2ccccc2c2nc3ccccn3c12. The quantitative estimate of drug-likeness (QED) is 0.447. The van der Waals surface area contributed by atoms with E-state index in [0.29, 0.717) is 22.3 Å². The predicted molar refractivity (Wildman–Crippen MR) is 97.8 cm³/mol. The van der Waals surface area contributed by atoms with Crippen LogP contribution in [0.2, 0.25) is 0 Å². The molecule has 26 heavy (non-hydrogen) atoms. The fraction of sp³-hybridized carbons (Fsp3) is 0. The van der Waals surface area contributed by atoms with Gasteiger partial charge in [-0.2, -0.15) is 0 Å². The number of benzene rings is 2. The van der Waals surface area contributed by atoms with Crippen LogP contribution in [-0.2, 0) is 0 Å². The van der Waals surface area contributed by atoms with Crippen molar-refractivity contribution in [3.63, 3.8) is 0 Å². The van der Waals surface area contributed by atoms with Gasteiger partial charge in [0, 0.05) is 17.1 Å². The van der Waals surface area contributed by atoms with Gasteiger partial charge in [0.1, 0.15) is 28.2 Å². The molecule has 3 heterocycles. The van der Waals surface area contributed by atoms with Crippen LogP contribution >= 0.6 is 0 Å². The Labute approximate surface area is 147 Å². The number of para-hydroxylation sites is 1. The maximum Gasteiger partial charge on any atom is 0.213 e. The molecule has 0 spiro atoms. The third-order valence-electron chi connectivity index (χ3n) is 4.47. The average molecular weight is 341 g/mol. The number of nitrogens with zero attached hydrogens (tertiary/aromatic N) is 3. The molecule has 3 aromatic heterocycles. The van der Waals surface area contributed by atoms with Gasteiger partial charge in [0.2, 0.25) is 5.78 Å². The Hall–Kier alpha value is -3.60. The molecule has 5 aromatic rings. The molecule has 0 amide bonds. The lowest BCUT2D eigenvalue weighted by Crippen LogP contribution is -2.07. The van der Waals surface area contributed by atoms with Crippen LogP contribution in [-0.4, -0.2) is 20.2 Å². The zero-order valence-corrected chi connectivity index (χ0v) is 13.6. The van der Waals surface area contributed by atoms with Crippen molar-refractivity contribution in [3.8, 4) is 0 Å². The van der Waals surface area contributed by atoms with Crippen molar-refractivity contribution in [2.45, 2.75) is 0 Å². The Morgan fingerprint density at radius 1 is 0.885 bits per heavy atom. The maximum atomic E-state index is 13.2. The van der Waals surface area contributed by atoms with E-state index in [1.807, 2.05) is 53.1 Å². The Morgan fingerprint density at radius 3 is 2.50 bits per heavy atom. The van der Waals surface area contributed by atoms with Crippen LogP contribution in [0.5, 0.6) is 0 Å². The highest BCUT2D eigenvalue weighted by Crippen LogP contribution is 2.28. The van der Waals surface area contributed by atoms with Gasteiger partial charge in [0.25, 0.3) is 0 Å². The summed E-state index contributed by atoms with van der Waals surface area (Å²) in [6.45, 7) is 0. The second kappa shape index (κ2) is 5.46. The van der Waals surface area contributed by atoms with Gasteiger partial charge in [0.05, 0.1) is 5.52 Å². The van der Waals surface area contributed by atoms with Crippen LogP contribution in [0.4, 0.5) is 4.39 Å². The van der Waals surface area contributed by atoms with Crippen LogP contribution in [0.25, 0.3) is 27.6 Å². The summed E-state index contributed by atoms with van der Waals surface area (Å²) in [5, 5.41) is 0.891. The lowest BCUT2D eigenvalue weighted by molar-refractivity contribution is 0.103. The first-order valence-corrected chi connectivity index (χ1v) is 8.18. The minimum absolute atomic E-state index is 0.258. The molecule has 0 saturated carbocycles. The summed E-state index contributed by atoms with van der Waals surface area (Å²) < 4.78 is 15.1. The number of aromatic nitrogens is 3. The van der Waals surface area contributed by atoms with E-state index in [4.69, 9.17) is 4.98 Å². The van der Waals surface area contributed by atoms with E-state index in [-0.39, 0.29) is 11.6 Å². The first-order chi connectivity index (χ1) is 12.7. The molecule has 5 rings (SSSR count). The van der Waals surface area contributed by atoms with E-state index < -0.39 is 0 Å². The van der Waals surface area contributed by atoms with E-state index in [2.05, 4.69) is 4.98 Å². The molecule has 0 N–H and O–H groups in total. The molecule has 0 fully saturated rings. The monoisotopic (exact) mass is 341 g/mol. The summed E-state index contributed by atoms with van der Waals surface area (Å²) in [5.41, 5.74) is 3.54. The lowest BCUT2D eigenvalue weighted by Gasteiger charge is -2.06. The fourth-order valence-corrected chi connectivity index (χ4v) is 3.25. The number of halogens is 1. The van der Waals surface area contributed by atoms with Crippen LogP contribution < -0.4 is 0 Å². The van der Waals surface area contributed by atoms with Gasteiger partial charge in [-0.3, -0.25) is 9.20 Å². The lowest BCUT2D eigenvalue weighted by atomic mass is 10.0. The predicted octanol–water partition coefficient (Wildman–Crippen LogP) is 4.41. The van der Waals surface area contributed by atoms with Crippen molar-refractivity contribution in [1.82, 2.24) is 14.4 Å². The standard InChI is InChI=1S/C21H12FN3O/c22-14-10-8-13(9-11-14)21(26)19-20-18(15-5-1-2-6-16(15)23-19)24-17-7-3-4-12-25(17)20/h1-12H. The second-order valence-electron chi connectivity index (χ2n) is 6.05. The van der Waals surface area contributed by atoms with Gasteiger partial charge >= 0.3 is 0 Å². The highest BCUT2D eigenvalue weighted by atomic mass is 19.1. The van der Waals surface area contributed by atoms with E-state index in [1.54, 1.807) is 0 Å². The van der Waals surface area contributed by atoms with Crippen molar-refractivity contribution in [2.24, 2.45) is 0 Å². The molecule has 5 heteroatoms. The first-order valence-electron chi connectivity index (χ1n) is 8.18. The number of hydrogen-bond donors (Lipinski definition) is 0. The molecular weight excluding hydrogens is 329 g/mol. The Kier molecular flexibility index (Phi) is 3.09. The highest BCUT2D eigenvalue weighted by Gasteiger charge is 2.20. The molecular formula is C21H12FN3O. The van der Waals surface area contributed by atoms with Gasteiger partial charge in [-0.1, -0.05) is 24.3 Å². The van der Waals surface area contributed by atoms with E-state index in [0.717, 1.165) is 16.6 Å². The molecule has 0 aliphatic carbocycles. The molecule has 0 aliphatic heterocycles. The van der Waals surface area contributed by atoms with Gasteiger partial charge in [-0.05, 0) is 42.5 Å². The zero-order chi connectivity index (χ0) is 17.7. The van der Waals surface area contributed by atoms with Crippen molar-refractivity contribution < 1.29 is 9.18 Å². The number of imidazole rings is 1. The van der Waals surface area contributed by atoms with Gasteiger partial charge in [-0.25, -0.2) is 14.4 Å². The van der Waals surface area contributed by atoms with Crippen LogP contribution in [0.3, 0.4) is 0 Å². The summed E-state index contributed by atoms with van der Waals surface area (Å²) >= 11 is 0. The molecule has 124 valence electrons. The van der Waals surface area contributed by atoms with Crippen molar-refractivity contribution in [3.05, 3.63) is 90.0 Å². The van der Waals surface area contributed by atoms with Crippen LogP contribution in [0, 0.1) is 5.82 Å². The smallest absolute Gasteiger partial charge is 0.213 e. The molecule has 0 atom stereocenters. The van der Waals surface area contributed by atoms with E-state index in [1.165, 1.54) is 24.3 Å². The van der Waals surface area contributed by atoms with Crippen LogP contribution in [0.1, 0.15) is 16.1 Å². The molecule has 0 bridgehead atoms. The highest BCUT2D eigenvalue weighted by molar-refractivity contribution is 6.18. The van der Waals surface area contributed by atoms with Gasteiger partial charge < -0.3 is 0 Å². The Balaban J connectivity index is 1.90. The molecule has 0 aliphatic rings. The van der Waals surface area contributed by atoms with Gasteiger partial charge in [-0.15, -0.1) is 0 Å². The molecule has 2 aromatic carbocycles. The van der Waals surface area contributed by atoms with Gasteiger partial charge in [0.15, 0.2) is 0 Å². The number of rotatable bonds is 2. The molecule has 4 nitrogen and oxygen atoms in total. The normalized spacial score (nSPS) is 11.4. The summed E-state index contributed by atoms with van der Waals surface area (Å²) in [6, 6.07) is 18.8. The number of carbonyl (C=O) groups is 1. The minimum Gasteiger partial charge on any atom is -0.298 e. The molecule has 0 radical (unpaired) electrons. The molecule has 0 saturated heterocycles. The second-order valence-corrected chi connectivity index (χ2v) is 6.05. The number of carbonyl (C=O) groups excluding carboxylic acids is 1. The topological polar surface area (TPSA) is 47.3 Å². The summed E-state index contributed by atoms with van der Waals surface area (Å²) in [4.78, 5) is 22.5. The van der Waals surface area contributed by atoms with Crippen molar-refractivity contribution in [1.29, 1.82) is 0 Å². The summed E-state index contributed by atoms with van der Waals surface area (Å²) in [7, 11) is 0. The summed E-state index contributed by atoms with van der Waals surface area (Å²) in [5.74, 6) is -0.639. The zero-order valence-electron chi connectivity index (χ0n) is 13.6. The number of fused-ring (bicyclic) bond motifs is 5. The van der Waals surface area contributed by atoms with E-state index in [9.17, 15) is 9.18 Å². The Bertz CT molecular complexity index is 1310. The average Bonchev–Trinajstić information content (AvgIpc) is 3.07. The first kappa shape index (κ1) is 14.7. The maximum absolute atomic E-state index is 13.2. The summed E-state index contributed by atoms with van der Waals surface area (Å²) in [6.07, 6.45) is 1.86. The largest absolute Gasteiger partial charge is 0.298 e. The van der Waals surface area contributed by atoms with E-state index >= 15 is 0 Å². The number of pyridine rings is 2. The number of hydrogen-bond acceptors (Lipinski definition) is 3. The molecule has 0 unspecified atom stereocenters. The Morgan fingerprint density at radius 2 is 1.65 bits per heavy atom. The third kappa shape index (κ3) is 2.10. The van der Waals surface area contributed by atoms with Crippen molar-refractivity contribution in [2.75, 3.05) is 0 Å². The third-order valence-corrected chi connectivity index (χ3v) is 4.47. The minimum atomic E-state index is -0.382. The fourth-order valence-electron chi connectivity index (χ4n) is 3.25.